The molecule has 0 fully saturated rings. The van der Waals surface area contributed by atoms with Crippen molar-refractivity contribution < 1.29 is 27.5 Å². The molecule has 1 N–H and O–H groups in total. The van der Waals surface area contributed by atoms with E-state index in [9.17, 15) is 18.0 Å². The van der Waals surface area contributed by atoms with E-state index in [-0.39, 0.29) is 39.7 Å². The van der Waals surface area contributed by atoms with Gasteiger partial charge in [0.05, 0.1) is 34.8 Å². The minimum Gasteiger partial charge on any atom is -0.497 e. The number of amides is 2. The molecule has 0 heterocycles. The number of sulfonamides is 1. The maximum Gasteiger partial charge on any atom is 0.264 e. The van der Waals surface area contributed by atoms with Crippen LogP contribution in [-0.4, -0.2) is 58.5 Å². The number of anilines is 1. The van der Waals surface area contributed by atoms with Crippen molar-refractivity contribution in [3.8, 4) is 11.5 Å². The maximum atomic E-state index is 14.2. The van der Waals surface area contributed by atoms with Crippen molar-refractivity contribution in [1.82, 2.24) is 10.2 Å². The number of ether oxygens (including phenoxy) is 2. The largest absolute Gasteiger partial charge is 0.497 e. The van der Waals surface area contributed by atoms with Gasteiger partial charge < -0.3 is 19.7 Å². The zero-order valence-electron chi connectivity index (χ0n) is 25.1. The first kappa shape index (κ1) is 34.0. The van der Waals surface area contributed by atoms with E-state index in [2.05, 4.69) is 5.32 Å². The predicted octanol–water partition coefficient (Wildman–Crippen LogP) is 5.70. The molecule has 0 spiro atoms. The summed E-state index contributed by atoms with van der Waals surface area (Å²) in [4.78, 5) is 28.6. The molecule has 43 heavy (non-hydrogen) atoms. The number of nitrogens with one attached hydrogen (secondary N) is 1. The summed E-state index contributed by atoms with van der Waals surface area (Å²) in [5.41, 5.74) is 1.58. The number of methoxy groups -OCH3 is 2. The average Bonchev–Trinajstić information content (AvgIpc) is 2.98. The van der Waals surface area contributed by atoms with Crippen molar-refractivity contribution >= 4 is 50.7 Å². The lowest BCUT2D eigenvalue weighted by Gasteiger charge is -2.32. The van der Waals surface area contributed by atoms with E-state index in [1.807, 2.05) is 20.8 Å². The Labute approximate surface area is 263 Å². The number of carbonyl (C=O) groups is 2. The van der Waals surface area contributed by atoms with Gasteiger partial charge in [-0.15, -0.1) is 0 Å². The van der Waals surface area contributed by atoms with Crippen LogP contribution in [0.3, 0.4) is 0 Å². The molecule has 0 bridgehead atoms. The Kier molecular flexibility index (Phi) is 11.7. The first-order valence-electron chi connectivity index (χ1n) is 13.6. The molecule has 12 heteroatoms. The lowest BCUT2D eigenvalue weighted by atomic mass is 10.1. The third-order valence-corrected chi connectivity index (χ3v) is 9.24. The van der Waals surface area contributed by atoms with Gasteiger partial charge in [-0.25, -0.2) is 8.42 Å². The van der Waals surface area contributed by atoms with Gasteiger partial charge in [0, 0.05) is 19.2 Å². The zero-order chi connectivity index (χ0) is 31.9. The summed E-state index contributed by atoms with van der Waals surface area (Å²) >= 11 is 12.3. The Morgan fingerprint density at radius 1 is 0.907 bits per heavy atom. The van der Waals surface area contributed by atoms with E-state index >= 15 is 0 Å². The van der Waals surface area contributed by atoms with Gasteiger partial charge in [-0.2, -0.15) is 0 Å². The molecule has 0 saturated heterocycles. The highest BCUT2D eigenvalue weighted by Gasteiger charge is 2.34. The highest BCUT2D eigenvalue weighted by molar-refractivity contribution is 7.92. The fourth-order valence-corrected chi connectivity index (χ4v) is 5.95. The highest BCUT2D eigenvalue weighted by Crippen LogP contribution is 2.36. The van der Waals surface area contributed by atoms with Crippen LogP contribution in [0.1, 0.15) is 31.9 Å². The number of hydrogen-bond acceptors (Lipinski definition) is 6. The number of halogens is 2. The average molecular weight is 651 g/mol. The minimum atomic E-state index is -4.30. The van der Waals surface area contributed by atoms with Crippen molar-refractivity contribution in [2.75, 3.05) is 31.6 Å². The fourth-order valence-electron chi connectivity index (χ4n) is 4.21. The van der Waals surface area contributed by atoms with Crippen LogP contribution in [0.25, 0.3) is 0 Å². The Morgan fingerprint density at radius 2 is 1.58 bits per heavy atom. The van der Waals surface area contributed by atoms with E-state index in [0.717, 1.165) is 9.87 Å². The van der Waals surface area contributed by atoms with Crippen molar-refractivity contribution in [3.05, 3.63) is 81.8 Å². The molecular weight excluding hydrogens is 613 g/mol. The minimum absolute atomic E-state index is 0.0190. The summed E-state index contributed by atoms with van der Waals surface area (Å²) in [5.74, 6) is -0.247. The molecule has 0 aliphatic heterocycles. The number of aryl methyl sites for hydroxylation is 1. The number of hydrogen-bond donors (Lipinski definition) is 1. The van der Waals surface area contributed by atoms with Crippen LogP contribution >= 0.6 is 23.2 Å². The molecule has 1 atom stereocenters. The summed E-state index contributed by atoms with van der Waals surface area (Å²) in [6.07, 6.45) is 0. The molecule has 0 saturated carbocycles. The van der Waals surface area contributed by atoms with Gasteiger partial charge in [0.25, 0.3) is 10.0 Å². The van der Waals surface area contributed by atoms with Gasteiger partial charge in [-0.3, -0.25) is 13.9 Å². The van der Waals surface area contributed by atoms with Gasteiger partial charge in [0.2, 0.25) is 11.8 Å². The Morgan fingerprint density at radius 3 is 2.16 bits per heavy atom. The van der Waals surface area contributed by atoms with Crippen LogP contribution in [0.15, 0.2) is 65.6 Å². The number of nitrogens with zero attached hydrogens (tertiary/aromatic N) is 2. The first-order valence-corrected chi connectivity index (χ1v) is 15.8. The van der Waals surface area contributed by atoms with E-state index in [0.29, 0.717) is 22.9 Å². The second kappa shape index (κ2) is 14.8. The normalized spacial score (nSPS) is 12.0. The highest BCUT2D eigenvalue weighted by atomic mass is 35.5. The molecule has 3 aromatic carbocycles. The molecule has 3 aromatic rings. The van der Waals surface area contributed by atoms with Crippen LogP contribution in [0.2, 0.25) is 10.0 Å². The zero-order valence-corrected chi connectivity index (χ0v) is 27.4. The quantitative estimate of drug-likeness (QED) is 0.255. The van der Waals surface area contributed by atoms with Crippen LogP contribution in [-0.2, 0) is 26.2 Å². The summed E-state index contributed by atoms with van der Waals surface area (Å²) in [7, 11) is -1.44. The third kappa shape index (κ3) is 8.55. The molecule has 0 aliphatic carbocycles. The number of benzene rings is 3. The molecule has 232 valence electrons. The third-order valence-electron chi connectivity index (χ3n) is 6.73. The van der Waals surface area contributed by atoms with E-state index in [1.165, 1.54) is 37.3 Å². The van der Waals surface area contributed by atoms with Gasteiger partial charge >= 0.3 is 0 Å². The van der Waals surface area contributed by atoms with Crippen LogP contribution in [0, 0.1) is 12.8 Å². The van der Waals surface area contributed by atoms with Crippen LogP contribution in [0.4, 0.5) is 5.69 Å². The number of carbonyl (C=O) groups excluding carboxylic acids is 2. The Bertz CT molecular complexity index is 1550. The van der Waals surface area contributed by atoms with Gasteiger partial charge in [0.1, 0.15) is 24.1 Å². The Hall–Kier alpha value is -3.47. The molecular formula is C31H37Cl2N3O6S. The smallest absolute Gasteiger partial charge is 0.264 e. The molecule has 0 unspecified atom stereocenters. The van der Waals surface area contributed by atoms with Crippen molar-refractivity contribution in [2.45, 2.75) is 45.2 Å². The monoisotopic (exact) mass is 649 g/mol. The van der Waals surface area contributed by atoms with Gasteiger partial charge in [0.15, 0.2) is 0 Å². The molecule has 9 nitrogen and oxygen atoms in total. The van der Waals surface area contributed by atoms with E-state index in [4.69, 9.17) is 32.7 Å². The topological polar surface area (TPSA) is 105 Å². The summed E-state index contributed by atoms with van der Waals surface area (Å²) in [5, 5.41) is 3.48. The summed E-state index contributed by atoms with van der Waals surface area (Å²) < 4.78 is 40.1. The molecule has 3 rings (SSSR count). The summed E-state index contributed by atoms with van der Waals surface area (Å²) in [6.45, 7) is 7.10. The predicted molar refractivity (Wildman–Crippen MR) is 170 cm³/mol. The maximum absolute atomic E-state index is 14.2. The second-order valence-corrected chi connectivity index (χ2v) is 13.1. The Balaban J connectivity index is 2.12. The van der Waals surface area contributed by atoms with Gasteiger partial charge in [-0.1, -0.05) is 60.8 Å². The summed E-state index contributed by atoms with van der Waals surface area (Å²) in [6, 6.07) is 14.9. The van der Waals surface area contributed by atoms with Crippen molar-refractivity contribution in [3.63, 3.8) is 0 Å². The van der Waals surface area contributed by atoms with Gasteiger partial charge in [-0.05, 0) is 61.7 Å². The second-order valence-electron chi connectivity index (χ2n) is 10.4. The van der Waals surface area contributed by atoms with Crippen LogP contribution in [0.5, 0.6) is 11.5 Å². The standard InChI is InChI=1S/C31H37Cl2N3O6S/c1-20(2)17-34-31(38)22(4)35(18-23-9-13-26(32)27(33)15-23)30(37)19-36(28-16-24(41-5)10-14-29(28)42-6)43(39,40)25-11-7-21(3)8-12-25/h7-16,20,22H,17-19H2,1-6H3,(H,34,38)/t22-/m1/s1. The number of rotatable bonds is 13. The van der Waals surface area contributed by atoms with Crippen molar-refractivity contribution in [2.24, 2.45) is 5.92 Å². The molecule has 2 amide bonds. The molecule has 0 radical (unpaired) electrons. The molecule has 0 aromatic heterocycles. The molecule has 0 aliphatic rings. The van der Waals surface area contributed by atoms with E-state index < -0.39 is 28.5 Å². The fraction of sp³-hybridized carbons (Fsp3) is 0.355. The SMILES string of the molecule is COc1ccc(OC)c(N(CC(=O)N(Cc2ccc(Cl)c(Cl)c2)[C@H](C)C(=O)NCC(C)C)S(=O)(=O)c2ccc(C)cc2)c1. The lowest BCUT2D eigenvalue weighted by molar-refractivity contribution is -0.139. The van der Waals surface area contributed by atoms with E-state index in [1.54, 1.807) is 49.4 Å². The lowest BCUT2D eigenvalue weighted by Crippen LogP contribution is -2.51. The van der Waals surface area contributed by atoms with Crippen molar-refractivity contribution in [1.29, 1.82) is 0 Å². The van der Waals surface area contributed by atoms with Crippen LogP contribution < -0.4 is 19.1 Å². The first-order chi connectivity index (χ1) is 20.3.